The van der Waals surface area contributed by atoms with Crippen molar-refractivity contribution in [3.8, 4) is 11.5 Å². The van der Waals surface area contributed by atoms with E-state index in [4.69, 9.17) is 9.47 Å². The van der Waals surface area contributed by atoms with Crippen molar-refractivity contribution in [1.82, 2.24) is 9.97 Å². The Bertz CT molecular complexity index is 804. The summed E-state index contributed by atoms with van der Waals surface area (Å²) in [4.78, 5) is 19.2. The molecule has 0 spiro atoms. The van der Waals surface area contributed by atoms with Crippen molar-refractivity contribution in [2.45, 2.75) is 6.61 Å². The first-order valence-electron chi connectivity index (χ1n) is 6.76. The van der Waals surface area contributed by atoms with Crippen molar-refractivity contribution in [3.63, 3.8) is 0 Å². The van der Waals surface area contributed by atoms with E-state index in [-0.39, 0.29) is 0 Å². The molecule has 0 amide bonds. The monoisotopic (exact) mass is 294 g/mol. The fraction of sp³-hybridized carbons (Fsp3) is 0.118. The summed E-state index contributed by atoms with van der Waals surface area (Å²) < 4.78 is 11.2. The van der Waals surface area contributed by atoms with Gasteiger partial charge >= 0.3 is 0 Å². The summed E-state index contributed by atoms with van der Waals surface area (Å²) in [5, 5.41) is 0.640. The van der Waals surface area contributed by atoms with Gasteiger partial charge in [0.05, 0.1) is 12.6 Å². The van der Waals surface area contributed by atoms with Gasteiger partial charge in [0, 0.05) is 11.5 Å². The predicted molar refractivity (Wildman–Crippen MR) is 82.3 cm³/mol. The molecule has 3 rings (SSSR count). The summed E-state index contributed by atoms with van der Waals surface area (Å²) in [6.45, 7) is 0.425. The zero-order chi connectivity index (χ0) is 15.4. The van der Waals surface area contributed by atoms with Gasteiger partial charge in [-0.3, -0.25) is 4.79 Å². The van der Waals surface area contributed by atoms with Gasteiger partial charge in [-0.15, -0.1) is 0 Å². The number of carbonyl (C=O) groups excluding carboxylic acids is 1. The predicted octanol–water partition coefficient (Wildman–Crippen LogP) is 3.03. The quantitative estimate of drug-likeness (QED) is 0.677. The van der Waals surface area contributed by atoms with E-state index in [2.05, 4.69) is 9.97 Å². The lowest BCUT2D eigenvalue weighted by atomic mass is 10.1. The number of benzene rings is 2. The fourth-order valence-corrected chi connectivity index (χ4v) is 2.19. The maximum Gasteiger partial charge on any atom is 0.169 e. The standard InChI is InChI=1S/C17H14N2O3/c1-21-16-7-13-14(18-11-19-15(13)9-20)8-17(16)22-10-12-5-3-2-4-6-12/h2-9,11H,10H2,1H3. The van der Waals surface area contributed by atoms with Crippen LogP contribution in [0.2, 0.25) is 0 Å². The first-order chi connectivity index (χ1) is 10.8. The summed E-state index contributed by atoms with van der Waals surface area (Å²) >= 11 is 0. The molecule has 1 aromatic heterocycles. The molecule has 0 atom stereocenters. The van der Waals surface area contributed by atoms with Crippen LogP contribution >= 0.6 is 0 Å². The van der Waals surface area contributed by atoms with Crippen LogP contribution in [-0.2, 0) is 6.61 Å². The van der Waals surface area contributed by atoms with E-state index in [0.717, 1.165) is 5.56 Å². The number of aromatic nitrogens is 2. The van der Waals surface area contributed by atoms with E-state index in [1.807, 2.05) is 30.3 Å². The minimum absolute atomic E-state index is 0.331. The SMILES string of the molecule is COc1cc2c(C=O)ncnc2cc1OCc1ccccc1. The molecule has 0 saturated carbocycles. The molecule has 5 nitrogen and oxygen atoms in total. The molecular formula is C17H14N2O3. The molecule has 0 unspecified atom stereocenters. The molecule has 22 heavy (non-hydrogen) atoms. The van der Waals surface area contributed by atoms with Crippen LogP contribution in [0.4, 0.5) is 0 Å². The molecule has 0 radical (unpaired) electrons. The minimum atomic E-state index is 0.331. The smallest absolute Gasteiger partial charge is 0.169 e. The third kappa shape index (κ3) is 2.74. The van der Waals surface area contributed by atoms with Crippen molar-refractivity contribution >= 4 is 17.2 Å². The van der Waals surface area contributed by atoms with E-state index >= 15 is 0 Å². The highest BCUT2D eigenvalue weighted by Gasteiger charge is 2.11. The Morgan fingerprint density at radius 2 is 1.91 bits per heavy atom. The Hall–Kier alpha value is -2.95. The molecule has 110 valence electrons. The highest BCUT2D eigenvalue weighted by molar-refractivity contribution is 5.95. The molecule has 2 aromatic carbocycles. The third-order valence-electron chi connectivity index (χ3n) is 3.30. The van der Waals surface area contributed by atoms with Crippen LogP contribution in [0.1, 0.15) is 16.1 Å². The molecule has 1 heterocycles. The average Bonchev–Trinajstić information content (AvgIpc) is 2.59. The van der Waals surface area contributed by atoms with Gasteiger partial charge in [0.2, 0.25) is 0 Å². The molecule has 0 aliphatic heterocycles. The Morgan fingerprint density at radius 3 is 2.64 bits per heavy atom. The Labute approximate surface area is 127 Å². The maximum absolute atomic E-state index is 11.1. The second kappa shape index (κ2) is 6.22. The zero-order valence-electron chi connectivity index (χ0n) is 12.0. The van der Waals surface area contributed by atoms with Gasteiger partial charge in [0.25, 0.3) is 0 Å². The van der Waals surface area contributed by atoms with Crippen molar-refractivity contribution in [1.29, 1.82) is 0 Å². The van der Waals surface area contributed by atoms with Crippen molar-refractivity contribution in [2.75, 3.05) is 7.11 Å². The van der Waals surface area contributed by atoms with Crippen LogP contribution in [0, 0.1) is 0 Å². The molecular weight excluding hydrogens is 280 g/mol. The van der Waals surface area contributed by atoms with Crippen LogP contribution in [-0.4, -0.2) is 23.4 Å². The number of hydrogen-bond donors (Lipinski definition) is 0. The Balaban J connectivity index is 1.96. The summed E-state index contributed by atoms with van der Waals surface area (Å²) in [7, 11) is 1.56. The molecule has 5 heteroatoms. The molecule has 0 saturated heterocycles. The van der Waals surface area contributed by atoms with Crippen molar-refractivity contribution in [3.05, 3.63) is 60.0 Å². The zero-order valence-corrected chi connectivity index (χ0v) is 12.0. The number of rotatable bonds is 5. The number of ether oxygens (including phenoxy) is 2. The first kappa shape index (κ1) is 14.0. The lowest BCUT2D eigenvalue weighted by molar-refractivity contribution is 0.112. The minimum Gasteiger partial charge on any atom is -0.493 e. The lowest BCUT2D eigenvalue weighted by Gasteiger charge is -2.12. The highest BCUT2D eigenvalue weighted by atomic mass is 16.5. The maximum atomic E-state index is 11.1. The van der Waals surface area contributed by atoms with Gasteiger partial charge in [-0.25, -0.2) is 9.97 Å². The lowest BCUT2D eigenvalue weighted by Crippen LogP contribution is -1.99. The second-order valence-corrected chi connectivity index (χ2v) is 4.67. The van der Waals surface area contributed by atoms with Gasteiger partial charge in [0.1, 0.15) is 18.6 Å². The summed E-state index contributed by atoms with van der Waals surface area (Å²) in [5.74, 6) is 1.12. The van der Waals surface area contributed by atoms with Crippen LogP contribution in [0.5, 0.6) is 11.5 Å². The fourth-order valence-electron chi connectivity index (χ4n) is 2.19. The van der Waals surface area contributed by atoms with Crippen molar-refractivity contribution in [2.24, 2.45) is 0 Å². The van der Waals surface area contributed by atoms with Gasteiger partial charge in [-0.05, 0) is 11.6 Å². The molecule has 0 N–H and O–H groups in total. The molecule has 0 bridgehead atoms. The van der Waals surface area contributed by atoms with Gasteiger partial charge in [-0.2, -0.15) is 0 Å². The number of fused-ring (bicyclic) bond motifs is 1. The molecule has 0 aliphatic rings. The average molecular weight is 294 g/mol. The number of hydrogen-bond acceptors (Lipinski definition) is 5. The van der Waals surface area contributed by atoms with E-state index < -0.39 is 0 Å². The molecule has 3 aromatic rings. The Morgan fingerprint density at radius 1 is 1.09 bits per heavy atom. The summed E-state index contributed by atoms with van der Waals surface area (Å²) in [6.07, 6.45) is 2.06. The van der Waals surface area contributed by atoms with Crippen LogP contribution in [0.25, 0.3) is 10.9 Å². The first-order valence-corrected chi connectivity index (χ1v) is 6.76. The van der Waals surface area contributed by atoms with E-state index in [9.17, 15) is 4.79 Å². The number of aldehydes is 1. The summed E-state index contributed by atoms with van der Waals surface area (Å²) in [6, 6.07) is 13.3. The third-order valence-corrected chi connectivity index (χ3v) is 3.30. The molecule has 0 aliphatic carbocycles. The number of nitrogens with zero attached hydrogens (tertiary/aromatic N) is 2. The van der Waals surface area contributed by atoms with E-state index in [1.165, 1.54) is 6.33 Å². The van der Waals surface area contributed by atoms with Crippen LogP contribution < -0.4 is 9.47 Å². The van der Waals surface area contributed by atoms with Crippen LogP contribution in [0.15, 0.2) is 48.8 Å². The normalized spacial score (nSPS) is 10.4. The second-order valence-electron chi connectivity index (χ2n) is 4.67. The van der Waals surface area contributed by atoms with Gasteiger partial charge in [-0.1, -0.05) is 30.3 Å². The largest absolute Gasteiger partial charge is 0.493 e. The number of carbonyl (C=O) groups is 1. The van der Waals surface area contributed by atoms with Gasteiger partial charge in [0.15, 0.2) is 17.8 Å². The molecule has 0 fully saturated rings. The Kier molecular flexibility index (Phi) is 3.96. The van der Waals surface area contributed by atoms with E-state index in [0.29, 0.717) is 41.0 Å². The highest BCUT2D eigenvalue weighted by Crippen LogP contribution is 2.32. The topological polar surface area (TPSA) is 61.3 Å². The number of methoxy groups -OCH3 is 1. The van der Waals surface area contributed by atoms with Crippen LogP contribution in [0.3, 0.4) is 0 Å². The van der Waals surface area contributed by atoms with Crippen molar-refractivity contribution < 1.29 is 14.3 Å². The van der Waals surface area contributed by atoms with E-state index in [1.54, 1.807) is 19.2 Å². The summed E-state index contributed by atoms with van der Waals surface area (Å²) in [5.41, 5.74) is 2.03. The van der Waals surface area contributed by atoms with Gasteiger partial charge < -0.3 is 9.47 Å².